The number of esters is 1. The lowest BCUT2D eigenvalue weighted by atomic mass is 9.93. The number of fused-ring (bicyclic) bond motifs is 1. The maximum Gasteiger partial charge on any atom is 0.421 e. The van der Waals surface area contributed by atoms with Crippen molar-refractivity contribution in [3.8, 4) is 5.75 Å². The van der Waals surface area contributed by atoms with Crippen molar-refractivity contribution in [3.63, 3.8) is 0 Å². The molecule has 0 bridgehead atoms. The molecule has 1 fully saturated rings. The Labute approximate surface area is 336 Å². The number of para-hydroxylation sites is 1. The summed E-state index contributed by atoms with van der Waals surface area (Å²) >= 11 is 0. The van der Waals surface area contributed by atoms with E-state index in [0.717, 1.165) is 18.8 Å². The zero-order valence-corrected chi connectivity index (χ0v) is 38.9. The first-order valence-corrected chi connectivity index (χ1v) is 27.1. The molecule has 56 heavy (non-hydrogen) atoms. The molecule has 13 nitrogen and oxygen atoms in total. The fourth-order valence-corrected chi connectivity index (χ4v) is 9.88. The lowest BCUT2D eigenvalue weighted by molar-refractivity contribution is -0.146. The SMILES string of the molecule is CCC(CC)COC(=O)[C@H](C)/N=C\P(=O)(OC[C@H]1O[C@@](C)(c2ccc3c(N)ncnn23)C(O[Si](C)(C)C(C)(C)C)C1O[Si](C)(C)C(C)(C)C)Oc1ccccc1. The van der Waals surface area contributed by atoms with E-state index in [1.165, 1.54) is 6.33 Å². The highest BCUT2D eigenvalue weighted by molar-refractivity contribution is 7.70. The highest BCUT2D eigenvalue weighted by atomic mass is 31.2. The molecule has 0 saturated carbocycles. The normalized spacial score (nSPS) is 22.8. The molecular weight excluding hydrogens is 766 g/mol. The van der Waals surface area contributed by atoms with Crippen LogP contribution in [0.25, 0.3) is 5.52 Å². The molecule has 0 amide bonds. The molecule has 3 unspecified atom stereocenters. The van der Waals surface area contributed by atoms with Gasteiger partial charge in [-0.1, -0.05) is 86.4 Å². The number of nitrogens with zero attached hydrogens (tertiary/aromatic N) is 4. The van der Waals surface area contributed by atoms with Crippen molar-refractivity contribution in [1.82, 2.24) is 14.6 Å². The number of benzene rings is 1. The molecule has 312 valence electrons. The number of carbonyl (C=O) groups excluding carboxylic acids is 1. The third kappa shape index (κ3) is 10.4. The number of nitrogens with two attached hydrogens (primary N) is 1. The quantitative estimate of drug-likeness (QED) is 0.0598. The smallest absolute Gasteiger partial charge is 0.421 e. The summed E-state index contributed by atoms with van der Waals surface area (Å²) in [5.41, 5.74) is 6.48. The standard InChI is InChI=1S/C40H66N5O8PSi2/c1-15-29(16-2)24-48-37(46)28(3)43-27-54(47,51-30-20-18-17-19-21-30)49-25-32-34(52-55(11,12)38(4,5)6)35(53-56(13,14)39(7,8)9)40(10,50-32)33-23-22-31-36(41)42-26-44-45(31)33/h17-23,26-29,32,34-35H,15-16,24-25H2,1-14H3,(H2,41,42,44)/b43-27-/t28-,32+,34?,35?,40-,54?/m0/s1. The second-order valence-corrected chi connectivity index (χ2v) is 29.3. The van der Waals surface area contributed by atoms with Crippen LogP contribution < -0.4 is 10.3 Å². The Morgan fingerprint density at radius 2 is 1.62 bits per heavy atom. The molecule has 1 aliphatic rings. The van der Waals surface area contributed by atoms with Crippen molar-refractivity contribution in [2.24, 2.45) is 10.9 Å². The van der Waals surface area contributed by atoms with Gasteiger partial charge in [0.1, 0.15) is 53.5 Å². The van der Waals surface area contributed by atoms with Gasteiger partial charge in [0.05, 0.1) is 18.9 Å². The fraction of sp³-hybridized carbons (Fsp3) is 0.650. The highest BCUT2D eigenvalue weighted by Crippen LogP contribution is 2.52. The number of carbonyl (C=O) groups is 1. The van der Waals surface area contributed by atoms with Gasteiger partial charge in [-0.05, 0) is 80.3 Å². The number of anilines is 1. The van der Waals surface area contributed by atoms with E-state index in [4.69, 9.17) is 33.1 Å². The zero-order valence-electron chi connectivity index (χ0n) is 36.0. The summed E-state index contributed by atoms with van der Waals surface area (Å²) in [5.74, 6) is 1.48. The Morgan fingerprint density at radius 3 is 2.21 bits per heavy atom. The molecule has 3 aromatic rings. The maximum atomic E-state index is 14.7. The third-order valence-electron chi connectivity index (χ3n) is 11.8. The molecule has 4 rings (SSSR count). The van der Waals surface area contributed by atoms with Crippen molar-refractivity contribution < 1.29 is 36.7 Å². The van der Waals surface area contributed by atoms with Crippen molar-refractivity contribution in [3.05, 3.63) is 54.5 Å². The van der Waals surface area contributed by atoms with Crippen LogP contribution in [-0.2, 0) is 37.8 Å². The highest BCUT2D eigenvalue weighted by Gasteiger charge is 2.60. The molecule has 0 spiro atoms. The van der Waals surface area contributed by atoms with Gasteiger partial charge in [-0.25, -0.2) is 18.9 Å². The summed E-state index contributed by atoms with van der Waals surface area (Å²) in [6.07, 6.45) is 1.09. The summed E-state index contributed by atoms with van der Waals surface area (Å²) in [4.78, 5) is 21.5. The average molecular weight is 832 g/mol. The van der Waals surface area contributed by atoms with Crippen LogP contribution in [0.2, 0.25) is 36.3 Å². The monoisotopic (exact) mass is 831 g/mol. The van der Waals surface area contributed by atoms with Crippen LogP contribution in [0.15, 0.2) is 53.8 Å². The third-order valence-corrected chi connectivity index (χ3v) is 22.2. The molecule has 2 N–H and O–H groups in total. The van der Waals surface area contributed by atoms with Gasteiger partial charge in [0.25, 0.3) is 0 Å². The number of nitrogen functional groups attached to an aromatic ring is 1. The van der Waals surface area contributed by atoms with Crippen molar-refractivity contribution in [2.45, 2.75) is 148 Å². The van der Waals surface area contributed by atoms with Crippen molar-refractivity contribution in [2.75, 3.05) is 18.9 Å². The molecule has 2 aromatic heterocycles. The van der Waals surface area contributed by atoms with E-state index >= 15 is 0 Å². The number of ether oxygens (including phenoxy) is 2. The second kappa shape index (κ2) is 17.5. The topological polar surface area (TPSA) is 158 Å². The van der Waals surface area contributed by atoms with E-state index < -0.39 is 60.2 Å². The number of hydrogen-bond donors (Lipinski definition) is 1. The molecular formula is C40H66N5O8PSi2. The van der Waals surface area contributed by atoms with Crippen molar-refractivity contribution >= 4 is 47.5 Å². The fourth-order valence-electron chi connectivity index (χ4n) is 5.93. The van der Waals surface area contributed by atoms with E-state index in [1.54, 1.807) is 35.7 Å². The molecule has 0 aliphatic carbocycles. The van der Waals surface area contributed by atoms with E-state index in [2.05, 4.69) is 96.7 Å². The first-order valence-electron chi connectivity index (χ1n) is 19.7. The molecule has 6 atom stereocenters. The minimum absolute atomic E-state index is 0.153. The zero-order chi connectivity index (χ0) is 41.9. The Bertz CT molecular complexity index is 1860. The number of rotatable bonds is 17. The molecule has 3 heterocycles. The summed E-state index contributed by atoms with van der Waals surface area (Å²) < 4.78 is 56.1. The van der Waals surface area contributed by atoms with Crippen molar-refractivity contribution in [1.29, 1.82) is 0 Å². The van der Waals surface area contributed by atoms with Crippen LogP contribution in [0.4, 0.5) is 5.82 Å². The largest absolute Gasteiger partial charge is 0.464 e. The van der Waals surface area contributed by atoms with E-state index in [-0.39, 0.29) is 22.6 Å². The Hall–Kier alpha value is -2.92. The lowest BCUT2D eigenvalue weighted by Gasteiger charge is -2.45. The average Bonchev–Trinajstić information content (AvgIpc) is 3.66. The van der Waals surface area contributed by atoms with Gasteiger partial charge in [0.2, 0.25) is 0 Å². The molecule has 1 aliphatic heterocycles. The minimum Gasteiger partial charge on any atom is -0.464 e. The number of aromatic nitrogens is 3. The number of hydrogen-bond acceptors (Lipinski definition) is 12. The Balaban J connectivity index is 1.79. The van der Waals surface area contributed by atoms with Crippen LogP contribution in [-0.4, -0.2) is 80.7 Å². The summed E-state index contributed by atoms with van der Waals surface area (Å²) in [7, 11) is -9.20. The predicted molar refractivity (Wildman–Crippen MR) is 227 cm³/mol. The molecule has 1 aromatic carbocycles. The van der Waals surface area contributed by atoms with E-state index in [1.807, 2.05) is 25.1 Å². The van der Waals surface area contributed by atoms with Crippen LogP contribution in [0.5, 0.6) is 5.75 Å². The van der Waals surface area contributed by atoms with Gasteiger partial charge >= 0.3 is 13.6 Å². The molecule has 16 heteroatoms. The summed E-state index contributed by atoms with van der Waals surface area (Å²) in [6.45, 7) is 29.6. The van der Waals surface area contributed by atoms with Gasteiger partial charge in [-0.3, -0.25) is 9.52 Å². The van der Waals surface area contributed by atoms with Gasteiger partial charge in [-0.15, -0.1) is 0 Å². The van der Waals surface area contributed by atoms with Gasteiger partial charge < -0.3 is 28.6 Å². The Kier molecular flexibility index (Phi) is 14.3. The van der Waals surface area contributed by atoms with Crippen LogP contribution in [0.1, 0.15) is 87.8 Å². The van der Waals surface area contributed by atoms with E-state index in [0.29, 0.717) is 29.4 Å². The van der Waals surface area contributed by atoms with Crippen LogP contribution >= 0.6 is 7.60 Å². The first kappa shape index (κ1) is 45.8. The van der Waals surface area contributed by atoms with Gasteiger partial charge in [0, 0.05) is 0 Å². The van der Waals surface area contributed by atoms with Gasteiger partial charge in [0.15, 0.2) is 22.5 Å². The molecule has 0 radical (unpaired) electrons. The lowest BCUT2D eigenvalue weighted by Crippen LogP contribution is -2.56. The van der Waals surface area contributed by atoms with Crippen LogP contribution in [0.3, 0.4) is 0 Å². The van der Waals surface area contributed by atoms with E-state index in [9.17, 15) is 9.36 Å². The number of aliphatic imine (C=N–C) groups is 1. The molecule has 1 saturated heterocycles. The van der Waals surface area contributed by atoms with Gasteiger partial charge in [-0.2, -0.15) is 5.10 Å². The first-order chi connectivity index (χ1) is 25.9. The Morgan fingerprint density at radius 1 is 1.02 bits per heavy atom. The maximum absolute atomic E-state index is 14.7. The van der Waals surface area contributed by atoms with Crippen LogP contribution in [0, 0.1) is 5.92 Å². The predicted octanol–water partition coefficient (Wildman–Crippen LogP) is 9.39. The summed E-state index contributed by atoms with van der Waals surface area (Å²) in [6, 6.07) is 11.6. The second-order valence-electron chi connectivity index (χ2n) is 18.1. The minimum atomic E-state index is -4.18. The summed E-state index contributed by atoms with van der Waals surface area (Å²) in [5, 5.41) is 4.25.